The van der Waals surface area contributed by atoms with Crippen molar-refractivity contribution in [3.63, 3.8) is 0 Å². The van der Waals surface area contributed by atoms with Crippen molar-refractivity contribution in [3.8, 4) is 0 Å². The number of piperazine rings is 1. The second-order valence-electron chi connectivity index (χ2n) is 6.40. The van der Waals surface area contributed by atoms with Crippen molar-refractivity contribution >= 4 is 0 Å². The van der Waals surface area contributed by atoms with E-state index in [1.165, 1.54) is 37.3 Å². The molecule has 1 aromatic carbocycles. The number of hydrogen-bond donors (Lipinski definition) is 1. The van der Waals surface area contributed by atoms with E-state index in [4.69, 9.17) is 0 Å². The number of benzene rings is 1. The summed E-state index contributed by atoms with van der Waals surface area (Å²) in [6, 6.07) is 9.89. The van der Waals surface area contributed by atoms with Gasteiger partial charge in [-0.3, -0.25) is 9.80 Å². The number of nitrogens with zero attached hydrogens (tertiary/aromatic N) is 2. The maximum atomic E-state index is 3.67. The fourth-order valence-corrected chi connectivity index (χ4v) is 3.22. The number of aryl methyl sites for hydroxylation is 1. The predicted octanol–water partition coefficient (Wildman–Crippen LogP) is 2.67. The van der Waals surface area contributed by atoms with Gasteiger partial charge in [0, 0.05) is 44.8 Å². The molecular weight excluding hydrogens is 258 g/mol. The molecular formula is C18H31N3. The summed E-state index contributed by atoms with van der Waals surface area (Å²) in [7, 11) is 0. The zero-order valence-electron chi connectivity index (χ0n) is 14.1. The van der Waals surface area contributed by atoms with E-state index in [0.717, 1.165) is 13.1 Å². The molecule has 1 atom stereocenters. The van der Waals surface area contributed by atoms with Gasteiger partial charge in [-0.05, 0) is 38.4 Å². The Hall–Kier alpha value is -0.900. The molecule has 0 spiro atoms. The summed E-state index contributed by atoms with van der Waals surface area (Å²) in [5.41, 5.74) is 2.84. The molecule has 3 heteroatoms. The van der Waals surface area contributed by atoms with Crippen molar-refractivity contribution in [2.75, 3.05) is 39.3 Å². The Kier molecular flexibility index (Phi) is 6.22. The molecule has 0 saturated carbocycles. The van der Waals surface area contributed by atoms with E-state index < -0.39 is 0 Å². The Bertz CT molecular complexity index is 422. The maximum Gasteiger partial charge on any atom is 0.0451 e. The van der Waals surface area contributed by atoms with Crippen LogP contribution in [0.3, 0.4) is 0 Å². The molecule has 0 radical (unpaired) electrons. The van der Waals surface area contributed by atoms with Gasteiger partial charge in [0.2, 0.25) is 0 Å². The molecule has 21 heavy (non-hydrogen) atoms. The van der Waals surface area contributed by atoms with Gasteiger partial charge >= 0.3 is 0 Å². The molecule has 0 bridgehead atoms. The van der Waals surface area contributed by atoms with Crippen molar-refractivity contribution in [2.24, 2.45) is 0 Å². The van der Waals surface area contributed by atoms with Crippen molar-refractivity contribution in [1.82, 2.24) is 15.1 Å². The Balaban J connectivity index is 1.97. The van der Waals surface area contributed by atoms with Crippen LogP contribution in [-0.2, 0) is 0 Å². The second kappa shape index (κ2) is 7.92. The Morgan fingerprint density at radius 2 is 1.76 bits per heavy atom. The molecule has 1 aliphatic rings. The van der Waals surface area contributed by atoms with Crippen LogP contribution in [0.2, 0.25) is 0 Å². The first kappa shape index (κ1) is 16.5. The molecule has 1 heterocycles. The first-order valence-corrected chi connectivity index (χ1v) is 8.37. The molecule has 1 unspecified atom stereocenters. The number of rotatable bonds is 6. The van der Waals surface area contributed by atoms with Gasteiger partial charge < -0.3 is 5.32 Å². The van der Waals surface area contributed by atoms with E-state index in [1.54, 1.807) is 0 Å². The summed E-state index contributed by atoms with van der Waals surface area (Å²) in [5, 5.41) is 3.67. The van der Waals surface area contributed by atoms with Gasteiger partial charge in [0.25, 0.3) is 0 Å². The fraction of sp³-hybridized carbons (Fsp3) is 0.667. The molecule has 0 aliphatic carbocycles. The standard InChI is InChI=1S/C18H31N3/c1-5-19-18(17-9-7-6-8-16(17)4)14-20-10-12-21(13-11-20)15(2)3/h6-9,15,18-19H,5,10-14H2,1-4H3. The zero-order chi connectivity index (χ0) is 15.2. The van der Waals surface area contributed by atoms with Crippen molar-refractivity contribution < 1.29 is 0 Å². The minimum absolute atomic E-state index is 0.446. The molecule has 118 valence electrons. The van der Waals surface area contributed by atoms with Crippen LogP contribution in [0.4, 0.5) is 0 Å². The van der Waals surface area contributed by atoms with Gasteiger partial charge in [-0.2, -0.15) is 0 Å². The molecule has 1 aliphatic heterocycles. The smallest absolute Gasteiger partial charge is 0.0451 e. The third kappa shape index (κ3) is 4.53. The molecule has 3 nitrogen and oxygen atoms in total. The first-order chi connectivity index (χ1) is 10.1. The van der Waals surface area contributed by atoms with Crippen LogP contribution < -0.4 is 5.32 Å². The van der Waals surface area contributed by atoms with E-state index in [1.807, 2.05) is 0 Å². The van der Waals surface area contributed by atoms with Gasteiger partial charge in [-0.1, -0.05) is 31.2 Å². The van der Waals surface area contributed by atoms with Gasteiger partial charge in [-0.25, -0.2) is 0 Å². The van der Waals surface area contributed by atoms with E-state index in [9.17, 15) is 0 Å². The van der Waals surface area contributed by atoms with E-state index in [-0.39, 0.29) is 0 Å². The summed E-state index contributed by atoms with van der Waals surface area (Å²) in [6.45, 7) is 15.9. The highest BCUT2D eigenvalue weighted by atomic mass is 15.3. The van der Waals surface area contributed by atoms with Crippen LogP contribution in [0, 0.1) is 6.92 Å². The lowest BCUT2D eigenvalue weighted by Crippen LogP contribution is -2.50. The third-order valence-electron chi connectivity index (χ3n) is 4.59. The first-order valence-electron chi connectivity index (χ1n) is 8.37. The lowest BCUT2D eigenvalue weighted by molar-refractivity contribution is 0.101. The number of hydrogen-bond acceptors (Lipinski definition) is 3. The molecule has 0 amide bonds. The van der Waals surface area contributed by atoms with Crippen LogP contribution in [0.25, 0.3) is 0 Å². The average molecular weight is 289 g/mol. The molecule has 1 aromatic rings. The highest BCUT2D eigenvalue weighted by Gasteiger charge is 2.22. The van der Waals surface area contributed by atoms with Crippen molar-refractivity contribution in [1.29, 1.82) is 0 Å². The van der Waals surface area contributed by atoms with E-state index >= 15 is 0 Å². The SMILES string of the molecule is CCNC(CN1CCN(C(C)C)CC1)c1ccccc1C. The van der Waals surface area contributed by atoms with Gasteiger partial charge in [0.1, 0.15) is 0 Å². The predicted molar refractivity (Wildman–Crippen MR) is 90.7 cm³/mol. The monoisotopic (exact) mass is 289 g/mol. The average Bonchev–Trinajstić information content (AvgIpc) is 2.48. The highest BCUT2D eigenvalue weighted by Crippen LogP contribution is 2.19. The highest BCUT2D eigenvalue weighted by molar-refractivity contribution is 5.29. The van der Waals surface area contributed by atoms with E-state index in [2.05, 4.69) is 67.1 Å². The minimum atomic E-state index is 0.446. The summed E-state index contributed by atoms with van der Waals surface area (Å²) in [4.78, 5) is 5.19. The lowest BCUT2D eigenvalue weighted by Gasteiger charge is -2.38. The van der Waals surface area contributed by atoms with Crippen LogP contribution >= 0.6 is 0 Å². The van der Waals surface area contributed by atoms with Crippen molar-refractivity contribution in [3.05, 3.63) is 35.4 Å². The summed E-state index contributed by atoms with van der Waals surface area (Å²) < 4.78 is 0. The molecule has 1 N–H and O–H groups in total. The molecule has 0 aromatic heterocycles. The second-order valence-corrected chi connectivity index (χ2v) is 6.40. The van der Waals surface area contributed by atoms with E-state index in [0.29, 0.717) is 12.1 Å². The lowest BCUT2D eigenvalue weighted by atomic mass is 10.0. The van der Waals surface area contributed by atoms with Crippen LogP contribution in [0.5, 0.6) is 0 Å². The summed E-state index contributed by atoms with van der Waals surface area (Å²) in [5.74, 6) is 0. The Morgan fingerprint density at radius 1 is 1.10 bits per heavy atom. The molecule has 1 fully saturated rings. The summed E-state index contributed by atoms with van der Waals surface area (Å²) >= 11 is 0. The fourth-order valence-electron chi connectivity index (χ4n) is 3.22. The summed E-state index contributed by atoms with van der Waals surface area (Å²) in [6.07, 6.45) is 0. The maximum absolute atomic E-state index is 3.67. The van der Waals surface area contributed by atoms with Crippen LogP contribution in [0.15, 0.2) is 24.3 Å². The van der Waals surface area contributed by atoms with Gasteiger partial charge in [0.15, 0.2) is 0 Å². The zero-order valence-corrected chi connectivity index (χ0v) is 14.1. The molecule has 1 saturated heterocycles. The van der Waals surface area contributed by atoms with Crippen LogP contribution in [-0.4, -0.2) is 55.1 Å². The normalized spacial score (nSPS) is 19.1. The Labute approximate surface area is 130 Å². The van der Waals surface area contributed by atoms with Crippen LogP contribution in [0.1, 0.15) is 37.9 Å². The minimum Gasteiger partial charge on any atom is -0.309 e. The quantitative estimate of drug-likeness (QED) is 0.868. The number of likely N-dealkylation sites (N-methyl/N-ethyl adjacent to an activating group) is 1. The van der Waals surface area contributed by atoms with Crippen molar-refractivity contribution in [2.45, 2.75) is 39.8 Å². The van der Waals surface area contributed by atoms with Gasteiger partial charge in [0.05, 0.1) is 0 Å². The molecule has 2 rings (SSSR count). The Morgan fingerprint density at radius 3 is 2.33 bits per heavy atom. The third-order valence-corrected chi connectivity index (χ3v) is 4.59. The number of nitrogens with one attached hydrogen (secondary N) is 1. The van der Waals surface area contributed by atoms with Gasteiger partial charge in [-0.15, -0.1) is 0 Å². The largest absolute Gasteiger partial charge is 0.309 e. The topological polar surface area (TPSA) is 18.5 Å².